The Balaban J connectivity index is 2.78. The molecule has 118 valence electrons. The van der Waals surface area contributed by atoms with Gasteiger partial charge in [0.2, 0.25) is 5.69 Å². The molecule has 0 fully saturated rings. The Morgan fingerprint density at radius 3 is 2.36 bits per heavy atom. The number of nitrogens with zero attached hydrogens (tertiary/aromatic N) is 1. The van der Waals surface area contributed by atoms with Crippen LogP contribution in [0.4, 0.5) is 0 Å². The first kappa shape index (κ1) is 12.1. The molecule has 0 saturated heterocycles. The number of pyridine rings is 1. The number of benzene rings is 1. The summed E-state index contributed by atoms with van der Waals surface area (Å²) in [4.78, 5) is 0. The standard InChI is InChI=1S/C20H30NSi/c1-14(2)17-12-19(22(6,7)8)20(21(5)13-17)18-10-9-15(3)11-16(18)4/h9-14H,1-8H3/q+1/i3D3,14D. The van der Waals surface area contributed by atoms with Gasteiger partial charge in [-0.1, -0.05) is 51.2 Å². The predicted molar refractivity (Wildman–Crippen MR) is 99.6 cm³/mol. The molecule has 22 heavy (non-hydrogen) atoms. The molecule has 0 aliphatic heterocycles. The first-order valence-electron chi connectivity index (χ1n) is 9.78. The molecule has 2 heteroatoms. The lowest BCUT2D eigenvalue weighted by Gasteiger charge is -2.21. The molecule has 0 saturated carbocycles. The number of aryl methyl sites for hydroxylation is 3. The van der Waals surface area contributed by atoms with E-state index in [0.717, 1.165) is 22.4 Å². The molecular weight excluding hydrogens is 282 g/mol. The summed E-state index contributed by atoms with van der Waals surface area (Å²) < 4.78 is 33.5. The van der Waals surface area contributed by atoms with Gasteiger partial charge in [0.15, 0.2) is 6.20 Å². The van der Waals surface area contributed by atoms with Crippen LogP contribution in [0, 0.1) is 13.8 Å². The van der Waals surface area contributed by atoms with Gasteiger partial charge in [-0.15, -0.1) is 0 Å². The average molecular weight is 317 g/mol. The second-order valence-electron chi connectivity index (χ2n) is 7.38. The average Bonchev–Trinajstić information content (AvgIpc) is 2.44. The van der Waals surface area contributed by atoms with E-state index in [4.69, 9.17) is 5.48 Å². The molecule has 2 rings (SSSR count). The molecule has 1 aromatic carbocycles. The summed E-state index contributed by atoms with van der Waals surface area (Å²) in [6.45, 7) is 10.6. The zero-order valence-electron chi connectivity index (χ0n) is 18.8. The molecule has 1 nitrogen and oxygen atoms in total. The summed E-state index contributed by atoms with van der Waals surface area (Å²) in [6, 6.07) is 7.61. The van der Waals surface area contributed by atoms with Gasteiger partial charge in [0.25, 0.3) is 0 Å². The van der Waals surface area contributed by atoms with Crippen LogP contribution in [0.1, 0.15) is 41.9 Å². The van der Waals surface area contributed by atoms with Crippen LogP contribution in [0.15, 0.2) is 30.5 Å². The highest BCUT2D eigenvalue weighted by Crippen LogP contribution is 2.24. The smallest absolute Gasteiger partial charge is 0.201 e. The molecule has 2 aromatic rings. The van der Waals surface area contributed by atoms with Gasteiger partial charge in [0.05, 0.1) is 8.07 Å². The van der Waals surface area contributed by atoms with Crippen LogP contribution >= 0.6 is 0 Å². The van der Waals surface area contributed by atoms with Crippen LogP contribution in [-0.4, -0.2) is 8.07 Å². The van der Waals surface area contributed by atoms with Gasteiger partial charge >= 0.3 is 0 Å². The number of hydrogen-bond donors (Lipinski definition) is 0. The van der Waals surface area contributed by atoms with Crippen LogP contribution < -0.4 is 9.75 Å². The van der Waals surface area contributed by atoms with Gasteiger partial charge < -0.3 is 0 Å². The molecule has 0 aliphatic carbocycles. The Morgan fingerprint density at radius 1 is 1.18 bits per heavy atom. The molecule has 0 aliphatic rings. The molecule has 1 aromatic heterocycles. The van der Waals surface area contributed by atoms with Crippen molar-refractivity contribution in [3.05, 3.63) is 47.2 Å². The van der Waals surface area contributed by atoms with Gasteiger partial charge in [-0.05, 0) is 37.4 Å². The maximum Gasteiger partial charge on any atom is 0.211 e. The van der Waals surface area contributed by atoms with E-state index in [1.807, 2.05) is 40.1 Å². The van der Waals surface area contributed by atoms with Gasteiger partial charge in [-0.3, -0.25) is 0 Å². The van der Waals surface area contributed by atoms with Crippen LogP contribution in [0.5, 0.6) is 0 Å². The minimum Gasteiger partial charge on any atom is -0.201 e. The van der Waals surface area contributed by atoms with Gasteiger partial charge in [0, 0.05) is 21.8 Å². The largest absolute Gasteiger partial charge is 0.211 e. The highest BCUT2D eigenvalue weighted by molar-refractivity contribution is 6.89. The molecule has 0 atom stereocenters. The van der Waals surface area contributed by atoms with Crippen molar-refractivity contribution in [1.82, 2.24) is 0 Å². The number of rotatable bonds is 3. The third-order valence-electron chi connectivity index (χ3n) is 4.11. The van der Waals surface area contributed by atoms with E-state index in [1.165, 1.54) is 5.19 Å². The van der Waals surface area contributed by atoms with Crippen molar-refractivity contribution in [2.75, 3.05) is 0 Å². The lowest BCUT2D eigenvalue weighted by molar-refractivity contribution is -0.660. The molecule has 0 N–H and O–H groups in total. The van der Waals surface area contributed by atoms with Gasteiger partial charge in [0.1, 0.15) is 7.05 Å². The van der Waals surface area contributed by atoms with Crippen molar-refractivity contribution < 1.29 is 10.1 Å². The minimum atomic E-state index is -2.09. The summed E-state index contributed by atoms with van der Waals surface area (Å²) in [5, 5.41) is 1.29. The Hall–Kier alpha value is -1.41. The zero-order chi connectivity index (χ0) is 20.1. The molecule has 0 radical (unpaired) electrons. The SMILES string of the molecule is [2H]C([2H])([2H])c1ccc(-c2c([Si](C)(C)C)cc(C([2H])(C)C)c[n+]2C)c(C)c1. The minimum absolute atomic E-state index is 0.375. The quantitative estimate of drug-likeness (QED) is 0.581. The maximum atomic E-state index is 8.42. The van der Waals surface area contributed by atoms with Crippen molar-refractivity contribution >= 4 is 13.3 Å². The highest BCUT2D eigenvalue weighted by atomic mass is 28.3. The zero-order valence-corrected chi connectivity index (χ0v) is 15.8. The van der Waals surface area contributed by atoms with Crippen LogP contribution in [0.25, 0.3) is 11.3 Å². The fraction of sp³-hybridized carbons (Fsp3) is 0.450. The van der Waals surface area contributed by atoms with Crippen molar-refractivity contribution in [1.29, 1.82) is 0 Å². The van der Waals surface area contributed by atoms with Crippen molar-refractivity contribution in [3.63, 3.8) is 0 Å². The predicted octanol–water partition coefficient (Wildman–Crippen LogP) is 4.46. The van der Waals surface area contributed by atoms with E-state index in [0.29, 0.717) is 5.56 Å². The first-order chi connectivity index (χ1) is 11.6. The first-order valence-corrected chi connectivity index (χ1v) is 11.3. The molecule has 0 amide bonds. The lowest BCUT2D eigenvalue weighted by Crippen LogP contribution is -2.48. The normalized spacial score (nSPS) is 15.8. The van der Waals surface area contributed by atoms with Crippen molar-refractivity contribution in [2.24, 2.45) is 7.05 Å². The van der Waals surface area contributed by atoms with Gasteiger partial charge in [-0.2, -0.15) is 0 Å². The highest BCUT2D eigenvalue weighted by Gasteiger charge is 2.29. The second kappa shape index (κ2) is 6.00. The van der Waals surface area contributed by atoms with E-state index in [2.05, 4.69) is 30.3 Å². The summed E-state index contributed by atoms with van der Waals surface area (Å²) in [6.07, 6.45) is 2.03. The van der Waals surface area contributed by atoms with Crippen molar-refractivity contribution in [3.8, 4) is 11.3 Å². The van der Waals surface area contributed by atoms with E-state index in [-0.39, 0.29) is 0 Å². The topological polar surface area (TPSA) is 3.88 Å². The summed E-state index contributed by atoms with van der Waals surface area (Å²) in [7, 11) is 0.328. The maximum absolute atomic E-state index is 8.42. The molecular formula is C20H30NSi+. The van der Waals surface area contributed by atoms with E-state index in [1.54, 1.807) is 12.1 Å². The number of aromatic nitrogens is 1. The molecule has 0 spiro atoms. The molecule has 1 heterocycles. The van der Waals surface area contributed by atoms with E-state index < -0.39 is 20.8 Å². The Labute approximate surface area is 142 Å². The Kier molecular flexibility index (Phi) is 3.29. The van der Waals surface area contributed by atoms with Gasteiger partial charge in [-0.25, -0.2) is 4.57 Å². The fourth-order valence-corrected chi connectivity index (χ4v) is 4.44. The summed E-state index contributed by atoms with van der Waals surface area (Å²) in [5.74, 6) is -0.662. The third kappa shape index (κ3) is 3.32. The van der Waals surface area contributed by atoms with Crippen LogP contribution in [0.3, 0.4) is 0 Å². The van der Waals surface area contributed by atoms with Crippen molar-refractivity contribution in [2.45, 2.75) is 53.2 Å². The lowest BCUT2D eigenvalue weighted by atomic mass is 9.99. The number of hydrogen-bond acceptors (Lipinski definition) is 0. The molecule has 0 unspecified atom stereocenters. The Morgan fingerprint density at radius 2 is 1.86 bits per heavy atom. The van der Waals surface area contributed by atoms with E-state index in [9.17, 15) is 0 Å². The van der Waals surface area contributed by atoms with Crippen LogP contribution in [-0.2, 0) is 7.05 Å². The van der Waals surface area contributed by atoms with Crippen LogP contribution in [0.2, 0.25) is 19.6 Å². The second-order valence-corrected chi connectivity index (χ2v) is 12.4. The van der Waals surface area contributed by atoms with E-state index >= 15 is 0 Å². The molecule has 0 bridgehead atoms. The fourth-order valence-electron chi connectivity index (χ4n) is 2.83. The monoisotopic (exact) mass is 316 g/mol. The summed E-state index contributed by atoms with van der Waals surface area (Å²) in [5.41, 5.74) is 4.53. The Bertz CT molecular complexity index is 827. The third-order valence-corrected chi connectivity index (χ3v) is 6.10. The summed E-state index contributed by atoms with van der Waals surface area (Å²) >= 11 is 0.